The first-order chi connectivity index (χ1) is 14.0. The van der Waals surface area contributed by atoms with Crippen LogP contribution in [0.15, 0.2) is 59.4 Å². The number of benzene rings is 2. The molecule has 1 aliphatic rings. The van der Waals surface area contributed by atoms with Gasteiger partial charge >= 0.3 is 5.69 Å². The molecule has 0 spiro atoms. The van der Waals surface area contributed by atoms with E-state index in [0.29, 0.717) is 31.5 Å². The summed E-state index contributed by atoms with van der Waals surface area (Å²) < 4.78 is 1.80. The van der Waals surface area contributed by atoms with Crippen molar-refractivity contribution in [1.29, 1.82) is 0 Å². The molecule has 1 atom stereocenters. The van der Waals surface area contributed by atoms with Gasteiger partial charge in [-0.2, -0.15) is 0 Å². The number of para-hydroxylation sites is 2. The Morgan fingerprint density at radius 3 is 2.41 bits per heavy atom. The molecule has 0 saturated carbocycles. The van der Waals surface area contributed by atoms with Crippen LogP contribution in [0.2, 0.25) is 0 Å². The normalized spacial score (nSPS) is 16.0. The average Bonchev–Trinajstić information content (AvgIpc) is 3.09. The first-order valence-electron chi connectivity index (χ1n) is 9.88. The second-order valence-corrected chi connectivity index (χ2v) is 7.43. The van der Waals surface area contributed by atoms with Crippen LogP contribution in [0.3, 0.4) is 0 Å². The van der Waals surface area contributed by atoms with E-state index in [1.54, 1.807) is 40.7 Å². The van der Waals surface area contributed by atoms with Gasteiger partial charge in [-0.15, -0.1) is 0 Å². The number of rotatable bonds is 4. The van der Waals surface area contributed by atoms with Crippen LogP contribution in [0.5, 0.6) is 0 Å². The van der Waals surface area contributed by atoms with Crippen LogP contribution in [0.4, 0.5) is 0 Å². The average molecular weight is 392 g/mol. The highest BCUT2D eigenvalue weighted by atomic mass is 16.2. The molecule has 2 N–H and O–H groups in total. The van der Waals surface area contributed by atoms with E-state index >= 15 is 0 Å². The summed E-state index contributed by atoms with van der Waals surface area (Å²) in [6.45, 7) is 2.82. The summed E-state index contributed by atoms with van der Waals surface area (Å²) in [4.78, 5) is 42.1. The minimum Gasteiger partial charge on any atom is -0.341 e. The van der Waals surface area contributed by atoms with E-state index in [2.05, 4.69) is 10.3 Å². The van der Waals surface area contributed by atoms with Gasteiger partial charge in [0.2, 0.25) is 5.91 Å². The van der Waals surface area contributed by atoms with Crippen molar-refractivity contribution in [3.63, 3.8) is 0 Å². The highest BCUT2D eigenvalue weighted by molar-refractivity contribution is 5.97. The Bertz CT molecular complexity index is 1080. The molecule has 150 valence electrons. The van der Waals surface area contributed by atoms with E-state index in [4.69, 9.17) is 0 Å². The minimum absolute atomic E-state index is 0.0527. The number of imidazole rings is 1. The molecule has 1 aliphatic heterocycles. The predicted molar refractivity (Wildman–Crippen MR) is 111 cm³/mol. The summed E-state index contributed by atoms with van der Waals surface area (Å²) in [6, 6.07) is 16.0. The number of amides is 2. The van der Waals surface area contributed by atoms with Crippen LogP contribution in [-0.2, 0) is 4.79 Å². The Morgan fingerprint density at radius 2 is 1.69 bits per heavy atom. The molecule has 2 heterocycles. The summed E-state index contributed by atoms with van der Waals surface area (Å²) >= 11 is 0. The topological polar surface area (TPSA) is 87.2 Å². The van der Waals surface area contributed by atoms with Crippen molar-refractivity contribution >= 4 is 22.8 Å². The van der Waals surface area contributed by atoms with Gasteiger partial charge in [0.15, 0.2) is 0 Å². The van der Waals surface area contributed by atoms with Crippen molar-refractivity contribution in [2.45, 2.75) is 31.8 Å². The molecule has 7 heteroatoms. The third-order valence-corrected chi connectivity index (χ3v) is 5.52. The monoisotopic (exact) mass is 392 g/mol. The minimum atomic E-state index is -0.602. The fourth-order valence-corrected chi connectivity index (χ4v) is 3.99. The number of fused-ring (bicyclic) bond motifs is 1. The summed E-state index contributed by atoms with van der Waals surface area (Å²) in [5, 5.41) is 2.77. The van der Waals surface area contributed by atoms with Crippen LogP contribution in [0.1, 0.15) is 36.2 Å². The summed E-state index contributed by atoms with van der Waals surface area (Å²) in [5.74, 6) is -0.356. The maximum Gasteiger partial charge on any atom is 0.326 e. The summed E-state index contributed by atoms with van der Waals surface area (Å²) in [5.41, 5.74) is 2.14. The fraction of sp³-hybridized carbons (Fsp3) is 0.318. The zero-order valence-electron chi connectivity index (χ0n) is 16.3. The molecule has 7 nitrogen and oxygen atoms in total. The molecule has 3 aromatic rings. The van der Waals surface area contributed by atoms with Crippen LogP contribution < -0.4 is 11.0 Å². The van der Waals surface area contributed by atoms with Gasteiger partial charge in [-0.3, -0.25) is 14.2 Å². The van der Waals surface area contributed by atoms with Gasteiger partial charge in [-0.1, -0.05) is 30.3 Å². The molecule has 1 fully saturated rings. The van der Waals surface area contributed by atoms with E-state index < -0.39 is 6.04 Å². The molecule has 1 aromatic heterocycles. The maximum absolute atomic E-state index is 12.8. The molecule has 0 radical (unpaired) electrons. The molecular formula is C22H24N4O3. The number of nitrogens with zero attached hydrogens (tertiary/aromatic N) is 2. The number of piperidine rings is 1. The summed E-state index contributed by atoms with van der Waals surface area (Å²) in [7, 11) is 0. The van der Waals surface area contributed by atoms with Gasteiger partial charge in [-0.05, 0) is 44.0 Å². The number of hydrogen-bond acceptors (Lipinski definition) is 3. The van der Waals surface area contributed by atoms with Crippen molar-refractivity contribution in [2.24, 2.45) is 0 Å². The SMILES string of the molecule is C[C@H](NC(=O)c1ccccc1)C(=O)N1CCC(n2c(=O)[nH]c3ccccc32)CC1. The van der Waals surface area contributed by atoms with Crippen molar-refractivity contribution in [3.8, 4) is 0 Å². The number of nitrogens with one attached hydrogen (secondary N) is 2. The van der Waals surface area contributed by atoms with Gasteiger partial charge in [0.05, 0.1) is 11.0 Å². The molecule has 2 amide bonds. The van der Waals surface area contributed by atoms with E-state index in [-0.39, 0.29) is 23.5 Å². The van der Waals surface area contributed by atoms with Crippen LogP contribution in [0.25, 0.3) is 11.0 Å². The molecule has 1 saturated heterocycles. The van der Waals surface area contributed by atoms with Crippen molar-refractivity contribution < 1.29 is 9.59 Å². The van der Waals surface area contributed by atoms with Crippen molar-refractivity contribution in [1.82, 2.24) is 19.8 Å². The maximum atomic E-state index is 12.8. The van der Waals surface area contributed by atoms with Crippen molar-refractivity contribution in [3.05, 3.63) is 70.6 Å². The Morgan fingerprint density at radius 1 is 1.03 bits per heavy atom. The standard InChI is InChI=1S/C22H24N4O3/c1-15(23-20(27)16-7-3-2-4-8-16)21(28)25-13-11-17(12-14-25)26-19-10-6-5-9-18(19)24-22(26)29/h2-10,15,17H,11-14H2,1H3,(H,23,27)(H,24,29)/t15-/m0/s1. The smallest absolute Gasteiger partial charge is 0.326 e. The number of carbonyl (C=O) groups is 2. The first-order valence-corrected chi connectivity index (χ1v) is 9.88. The Balaban J connectivity index is 1.39. The van der Waals surface area contributed by atoms with Gasteiger partial charge < -0.3 is 15.2 Å². The quantitative estimate of drug-likeness (QED) is 0.714. The molecule has 0 unspecified atom stereocenters. The lowest BCUT2D eigenvalue weighted by Gasteiger charge is -2.34. The van der Waals surface area contributed by atoms with Crippen LogP contribution in [-0.4, -0.2) is 45.4 Å². The van der Waals surface area contributed by atoms with Crippen LogP contribution >= 0.6 is 0 Å². The Kier molecular flexibility index (Phi) is 5.20. The molecule has 4 rings (SSSR count). The first kappa shape index (κ1) is 19.0. The fourth-order valence-electron chi connectivity index (χ4n) is 3.99. The third-order valence-electron chi connectivity index (χ3n) is 5.52. The second kappa shape index (κ2) is 7.95. The van der Waals surface area contributed by atoms with Crippen molar-refractivity contribution in [2.75, 3.05) is 13.1 Å². The Labute approximate surface area is 168 Å². The summed E-state index contributed by atoms with van der Waals surface area (Å²) in [6.07, 6.45) is 1.40. The second-order valence-electron chi connectivity index (χ2n) is 7.43. The molecule has 0 aliphatic carbocycles. The van der Waals surface area contributed by atoms with Crippen LogP contribution in [0, 0.1) is 0 Å². The zero-order chi connectivity index (χ0) is 20.4. The number of aromatic nitrogens is 2. The highest BCUT2D eigenvalue weighted by Gasteiger charge is 2.29. The van der Waals surface area contributed by atoms with Gasteiger partial charge in [-0.25, -0.2) is 4.79 Å². The number of hydrogen-bond donors (Lipinski definition) is 2. The van der Waals surface area contributed by atoms with E-state index in [0.717, 1.165) is 11.0 Å². The predicted octanol–water partition coefficient (Wildman–Crippen LogP) is 2.31. The molecule has 2 aromatic carbocycles. The number of carbonyl (C=O) groups excluding carboxylic acids is 2. The lowest BCUT2D eigenvalue weighted by molar-refractivity contribution is -0.134. The van der Waals surface area contributed by atoms with E-state index in [9.17, 15) is 14.4 Å². The molecule has 29 heavy (non-hydrogen) atoms. The Hall–Kier alpha value is -3.35. The molecular weight excluding hydrogens is 368 g/mol. The van der Waals surface area contributed by atoms with Gasteiger partial charge in [0.25, 0.3) is 5.91 Å². The third kappa shape index (κ3) is 3.81. The van der Waals surface area contributed by atoms with Gasteiger partial charge in [0.1, 0.15) is 6.04 Å². The number of H-pyrrole nitrogens is 1. The largest absolute Gasteiger partial charge is 0.341 e. The van der Waals surface area contributed by atoms with Gasteiger partial charge in [0, 0.05) is 24.7 Å². The zero-order valence-corrected chi connectivity index (χ0v) is 16.3. The van der Waals surface area contributed by atoms with E-state index in [1.807, 2.05) is 30.3 Å². The lowest BCUT2D eigenvalue weighted by atomic mass is 10.0. The number of likely N-dealkylation sites (tertiary alicyclic amines) is 1. The van der Waals surface area contributed by atoms with E-state index in [1.165, 1.54) is 0 Å². The molecule has 0 bridgehead atoms. The number of aromatic amines is 1. The lowest BCUT2D eigenvalue weighted by Crippen LogP contribution is -2.49. The highest BCUT2D eigenvalue weighted by Crippen LogP contribution is 2.25.